The molecule has 0 bridgehead atoms. The van der Waals surface area contributed by atoms with Crippen LogP contribution in [0.1, 0.15) is 78.1 Å². The molecule has 3 aromatic carbocycles. The van der Waals surface area contributed by atoms with E-state index in [2.05, 4.69) is 13.8 Å². The molecule has 3 rings (SSSR count). The first-order valence-electron chi connectivity index (χ1n) is 14.0. The van der Waals surface area contributed by atoms with Crippen molar-refractivity contribution >= 4 is 10.8 Å². The van der Waals surface area contributed by atoms with Gasteiger partial charge in [0.15, 0.2) is 11.5 Å². The fraction of sp³-hybridized carbons (Fsp3) is 0.500. The van der Waals surface area contributed by atoms with Crippen molar-refractivity contribution in [2.75, 3.05) is 13.2 Å². The van der Waals surface area contributed by atoms with Gasteiger partial charge < -0.3 is 24.4 Å². The highest BCUT2D eigenvalue weighted by Gasteiger charge is 2.15. The molecule has 0 saturated heterocycles. The van der Waals surface area contributed by atoms with Crippen molar-refractivity contribution in [3.05, 3.63) is 60.7 Å². The predicted octanol–water partition coefficient (Wildman–Crippen LogP) is 8.05. The van der Waals surface area contributed by atoms with E-state index in [4.69, 9.17) is 14.2 Å². The Morgan fingerprint density at radius 1 is 0.649 bits per heavy atom. The zero-order valence-corrected chi connectivity index (χ0v) is 22.5. The maximum atomic E-state index is 10.5. The van der Waals surface area contributed by atoms with E-state index in [1.54, 1.807) is 0 Å². The molecule has 0 saturated carbocycles. The van der Waals surface area contributed by atoms with Crippen molar-refractivity contribution in [3.63, 3.8) is 0 Å². The second-order valence-corrected chi connectivity index (χ2v) is 9.82. The van der Waals surface area contributed by atoms with Gasteiger partial charge in [0.1, 0.15) is 24.7 Å². The molecule has 202 valence electrons. The van der Waals surface area contributed by atoms with Crippen molar-refractivity contribution in [1.29, 1.82) is 0 Å². The highest BCUT2D eigenvalue weighted by molar-refractivity contribution is 5.92. The molecule has 0 aliphatic heterocycles. The van der Waals surface area contributed by atoms with Crippen molar-refractivity contribution in [2.24, 2.45) is 0 Å². The van der Waals surface area contributed by atoms with Gasteiger partial charge in [-0.2, -0.15) is 0 Å². The van der Waals surface area contributed by atoms with Crippen LogP contribution in [-0.2, 0) is 0 Å². The van der Waals surface area contributed by atoms with Gasteiger partial charge in [0.2, 0.25) is 0 Å². The molecule has 0 fully saturated rings. The number of hydrogen-bond acceptors (Lipinski definition) is 5. The molecule has 5 nitrogen and oxygen atoms in total. The SMILES string of the molecule is CCCCCCC(O)COc1ccc2ccc(OCC(O)CCCCCC)c(Oc3ccccc3)c2c1. The Hall–Kier alpha value is -2.76. The summed E-state index contributed by atoms with van der Waals surface area (Å²) >= 11 is 0. The second kappa shape index (κ2) is 16.2. The molecule has 3 aromatic rings. The summed E-state index contributed by atoms with van der Waals surface area (Å²) in [5.74, 6) is 2.55. The third kappa shape index (κ3) is 9.90. The molecule has 5 heteroatoms. The Kier molecular flexibility index (Phi) is 12.6. The van der Waals surface area contributed by atoms with Crippen LogP contribution in [0.15, 0.2) is 60.7 Å². The minimum absolute atomic E-state index is 0.212. The summed E-state index contributed by atoms with van der Waals surface area (Å²) in [6.45, 7) is 4.83. The fourth-order valence-electron chi connectivity index (χ4n) is 4.32. The quantitative estimate of drug-likeness (QED) is 0.170. The van der Waals surface area contributed by atoms with Crippen LogP contribution in [0, 0.1) is 0 Å². The van der Waals surface area contributed by atoms with Crippen molar-refractivity contribution in [3.8, 4) is 23.0 Å². The zero-order chi connectivity index (χ0) is 26.3. The number of hydrogen-bond donors (Lipinski definition) is 2. The third-order valence-corrected chi connectivity index (χ3v) is 6.53. The molecule has 37 heavy (non-hydrogen) atoms. The lowest BCUT2D eigenvalue weighted by Crippen LogP contribution is -2.17. The smallest absolute Gasteiger partial charge is 0.177 e. The maximum Gasteiger partial charge on any atom is 0.177 e. The van der Waals surface area contributed by atoms with Crippen molar-refractivity contribution in [2.45, 2.75) is 90.3 Å². The largest absolute Gasteiger partial charge is 0.491 e. The topological polar surface area (TPSA) is 68.2 Å². The lowest BCUT2D eigenvalue weighted by atomic mass is 10.1. The van der Waals surface area contributed by atoms with Crippen LogP contribution < -0.4 is 14.2 Å². The molecule has 0 aromatic heterocycles. The van der Waals surface area contributed by atoms with E-state index in [0.717, 1.165) is 49.3 Å². The van der Waals surface area contributed by atoms with Crippen LogP contribution in [-0.4, -0.2) is 35.6 Å². The van der Waals surface area contributed by atoms with Crippen LogP contribution in [0.5, 0.6) is 23.0 Å². The lowest BCUT2D eigenvalue weighted by Gasteiger charge is -2.18. The molecule has 0 spiro atoms. The number of benzene rings is 3. The summed E-state index contributed by atoms with van der Waals surface area (Å²) in [7, 11) is 0. The van der Waals surface area contributed by atoms with Crippen LogP contribution in [0.2, 0.25) is 0 Å². The highest BCUT2D eigenvalue weighted by Crippen LogP contribution is 2.40. The number of fused-ring (bicyclic) bond motifs is 1. The Morgan fingerprint density at radius 3 is 1.92 bits per heavy atom. The maximum absolute atomic E-state index is 10.5. The number of aliphatic hydroxyl groups excluding tert-OH is 2. The number of ether oxygens (including phenoxy) is 3. The average Bonchev–Trinajstić information content (AvgIpc) is 2.92. The lowest BCUT2D eigenvalue weighted by molar-refractivity contribution is 0.0963. The van der Waals surface area contributed by atoms with Crippen LogP contribution in [0.25, 0.3) is 10.8 Å². The van der Waals surface area contributed by atoms with Crippen molar-refractivity contribution in [1.82, 2.24) is 0 Å². The average molecular weight is 509 g/mol. The van der Waals surface area contributed by atoms with Crippen LogP contribution in [0.3, 0.4) is 0 Å². The molecule has 0 aliphatic carbocycles. The first-order chi connectivity index (χ1) is 18.1. The Labute approximate surface area is 222 Å². The standard InChI is InChI=1S/C32H44O5/c1-3-5-7-10-14-26(33)23-35-29-20-18-25-19-21-31(36-24-27(34)15-11-8-6-4-2)32(30(25)22-29)37-28-16-12-9-13-17-28/h9,12-13,16-22,26-27,33-34H,3-8,10-11,14-15,23-24H2,1-2H3. The zero-order valence-electron chi connectivity index (χ0n) is 22.5. The molecule has 0 heterocycles. The summed E-state index contributed by atoms with van der Waals surface area (Å²) in [6, 6.07) is 19.3. The summed E-state index contributed by atoms with van der Waals surface area (Å²) < 4.78 is 18.3. The monoisotopic (exact) mass is 508 g/mol. The summed E-state index contributed by atoms with van der Waals surface area (Å²) in [6.07, 6.45) is 9.47. The Bertz CT molecular complexity index is 1030. The Balaban J connectivity index is 1.74. The molecular weight excluding hydrogens is 464 g/mol. The van der Waals surface area contributed by atoms with E-state index in [9.17, 15) is 10.2 Å². The molecular formula is C32H44O5. The van der Waals surface area contributed by atoms with Gasteiger partial charge in [-0.3, -0.25) is 0 Å². The van der Waals surface area contributed by atoms with Gasteiger partial charge in [0.05, 0.1) is 12.2 Å². The molecule has 0 aliphatic rings. The summed E-state index contributed by atoms with van der Waals surface area (Å²) in [5.41, 5.74) is 0. The van der Waals surface area contributed by atoms with Gasteiger partial charge in [-0.1, -0.05) is 95.5 Å². The predicted molar refractivity (Wildman–Crippen MR) is 151 cm³/mol. The van der Waals surface area contributed by atoms with E-state index >= 15 is 0 Å². The van der Waals surface area contributed by atoms with Gasteiger partial charge in [-0.05, 0) is 48.6 Å². The summed E-state index contributed by atoms with van der Waals surface area (Å²) in [5, 5.41) is 22.6. The molecule has 2 unspecified atom stereocenters. The van der Waals surface area contributed by atoms with E-state index in [1.165, 1.54) is 25.7 Å². The number of unbranched alkanes of at least 4 members (excludes halogenated alkanes) is 6. The second-order valence-electron chi connectivity index (χ2n) is 9.82. The van der Waals surface area contributed by atoms with E-state index < -0.39 is 12.2 Å². The highest BCUT2D eigenvalue weighted by atomic mass is 16.5. The van der Waals surface area contributed by atoms with Gasteiger partial charge in [-0.15, -0.1) is 0 Å². The number of para-hydroxylation sites is 1. The van der Waals surface area contributed by atoms with Gasteiger partial charge in [0, 0.05) is 5.39 Å². The van der Waals surface area contributed by atoms with Crippen molar-refractivity contribution < 1.29 is 24.4 Å². The molecule has 0 radical (unpaired) electrons. The minimum Gasteiger partial charge on any atom is -0.491 e. The third-order valence-electron chi connectivity index (χ3n) is 6.53. The number of aliphatic hydroxyl groups is 2. The fourth-order valence-corrected chi connectivity index (χ4v) is 4.32. The number of rotatable bonds is 18. The van der Waals surface area contributed by atoms with E-state index in [0.29, 0.717) is 23.0 Å². The molecule has 2 atom stereocenters. The van der Waals surface area contributed by atoms with Crippen LogP contribution in [0.4, 0.5) is 0 Å². The van der Waals surface area contributed by atoms with Gasteiger partial charge in [-0.25, -0.2) is 0 Å². The molecule has 0 amide bonds. The van der Waals surface area contributed by atoms with E-state index in [1.807, 2.05) is 60.7 Å². The Morgan fingerprint density at radius 2 is 1.27 bits per heavy atom. The van der Waals surface area contributed by atoms with Gasteiger partial charge in [0.25, 0.3) is 0 Å². The summed E-state index contributed by atoms with van der Waals surface area (Å²) in [4.78, 5) is 0. The van der Waals surface area contributed by atoms with Crippen LogP contribution >= 0.6 is 0 Å². The minimum atomic E-state index is -0.523. The molecule has 2 N–H and O–H groups in total. The first-order valence-corrected chi connectivity index (χ1v) is 14.0. The van der Waals surface area contributed by atoms with Gasteiger partial charge >= 0.3 is 0 Å². The normalized spacial score (nSPS) is 12.9. The van der Waals surface area contributed by atoms with E-state index in [-0.39, 0.29) is 13.2 Å². The first kappa shape index (κ1) is 28.8.